The van der Waals surface area contributed by atoms with Crippen molar-refractivity contribution in [3.8, 4) is 5.69 Å². The average molecular weight is 374 g/mol. The number of benzene rings is 2. The Kier molecular flexibility index (Phi) is 5.19. The summed E-state index contributed by atoms with van der Waals surface area (Å²) in [6.45, 7) is 2.40. The zero-order valence-electron chi connectivity index (χ0n) is 15.5. The van der Waals surface area contributed by atoms with E-state index in [2.05, 4.69) is 15.3 Å². The van der Waals surface area contributed by atoms with E-state index in [-0.39, 0.29) is 11.5 Å². The summed E-state index contributed by atoms with van der Waals surface area (Å²) in [4.78, 5) is 26.8. The average Bonchev–Trinajstić information content (AvgIpc) is 3.28. The van der Waals surface area contributed by atoms with Gasteiger partial charge >= 0.3 is 0 Å². The lowest BCUT2D eigenvalue weighted by atomic mass is 10.1. The monoisotopic (exact) mass is 374 g/mol. The van der Waals surface area contributed by atoms with Gasteiger partial charge in [-0.2, -0.15) is 4.68 Å². The van der Waals surface area contributed by atoms with Crippen LogP contribution in [0.2, 0.25) is 0 Å². The minimum absolute atomic E-state index is 0.151. The second-order valence-electron chi connectivity index (χ2n) is 6.85. The topological polar surface area (TPSA) is 67.2 Å². The van der Waals surface area contributed by atoms with E-state index in [4.69, 9.17) is 0 Å². The molecule has 142 valence electrons. The van der Waals surface area contributed by atoms with Crippen molar-refractivity contribution in [2.75, 3.05) is 18.0 Å². The molecular formula is C22H22N4O2. The van der Waals surface area contributed by atoms with Crippen molar-refractivity contribution < 1.29 is 4.79 Å². The van der Waals surface area contributed by atoms with Crippen LogP contribution in [0.4, 0.5) is 5.82 Å². The Balaban J connectivity index is 1.49. The Labute approximate surface area is 163 Å². The fourth-order valence-electron chi connectivity index (χ4n) is 3.34. The number of anilines is 1. The highest BCUT2D eigenvalue weighted by atomic mass is 16.1. The number of nitrogens with zero attached hydrogens (tertiary/aromatic N) is 3. The SMILES string of the molecule is O=C(NCc1ccccc1)c1ccc(-n2nc(N3CCCC3)ccc2=O)cc1. The fourth-order valence-corrected chi connectivity index (χ4v) is 3.34. The maximum absolute atomic E-state index is 12.4. The number of rotatable bonds is 5. The first kappa shape index (κ1) is 18.0. The van der Waals surface area contributed by atoms with E-state index in [1.54, 1.807) is 36.4 Å². The molecule has 6 nitrogen and oxygen atoms in total. The standard InChI is InChI=1S/C22H22N4O2/c27-21-13-12-20(25-14-4-5-15-25)24-26(21)19-10-8-18(9-11-19)22(28)23-16-17-6-2-1-3-7-17/h1-3,6-13H,4-5,14-16H2,(H,23,28). The van der Waals surface area contributed by atoms with Gasteiger partial charge in [0.2, 0.25) is 0 Å². The number of carbonyl (C=O) groups is 1. The molecule has 0 spiro atoms. The minimum Gasteiger partial charge on any atom is -0.355 e. The van der Waals surface area contributed by atoms with Crippen molar-refractivity contribution in [1.29, 1.82) is 0 Å². The highest BCUT2D eigenvalue weighted by Gasteiger charge is 2.15. The predicted molar refractivity (Wildman–Crippen MR) is 109 cm³/mol. The number of hydrogen-bond acceptors (Lipinski definition) is 4. The molecule has 0 bridgehead atoms. The molecule has 0 atom stereocenters. The Morgan fingerprint density at radius 2 is 1.64 bits per heavy atom. The normalized spacial score (nSPS) is 13.5. The van der Waals surface area contributed by atoms with Crippen molar-refractivity contribution in [1.82, 2.24) is 15.1 Å². The van der Waals surface area contributed by atoms with Gasteiger partial charge in [0.25, 0.3) is 11.5 Å². The molecular weight excluding hydrogens is 352 g/mol. The van der Waals surface area contributed by atoms with Crippen molar-refractivity contribution in [2.24, 2.45) is 0 Å². The van der Waals surface area contributed by atoms with Gasteiger partial charge in [-0.05, 0) is 48.7 Å². The van der Waals surface area contributed by atoms with Gasteiger partial charge in [0.1, 0.15) is 5.82 Å². The molecule has 6 heteroatoms. The zero-order valence-corrected chi connectivity index (χ0v) is 15.5. The molecule has 0 saturated carbocycles. The molecule has 0 radical (unpaired) electrons. The van der Waals surface area contributed by atoms with Gasteiger partial charge < -0.3 is 10.2 Å². The number of nitrogens with one attached hydrogen (secondary N) is 1. The molecule has 0 aliphatic carbocycles. The molecule has 1 fully saturated rings. The Hall–Kier alpha value is -3.41. The lowest BCUT2D eigenvalue weighted by molar-refractivity contribution is 0.0951. The summed E-state index contributed by atoms with van der Waals surface area (Å²) >= 11 is 0. The van der Waals surface area contributed by atoms with Crippen LogP contribution in [0.25, 0.3) is 5.69 Å². The molecule has 2 heterocycles. The molecule has 0 unspecified atom stereocenters. The highest BCUT2D eigenvalue weighted by Crippen LogP contribution is 2.17. The van der Waals surface area contributed by atoms with Crippen molar-refractivity contribution in [2.45, 2.75) is 19.4 Å². The molecule has 1 saturated heterocycles. The van der Waals surface area contributed by atoms with E-state index in [1.165, 1.54) is 4.68 Å². The van der Waals surface area contributed by atoms with Gasteiger partial charge in [0.15, 0.2) is 0 Å². The summed E-state index contributed by atoms with van der Waals surface area (Å²) in [6.07, 6.45) is 2.29. The van der Waals surface area contributed by atoms with Gasteiger partial charge in [-0.1, -0.05) is 30.3 Å². The van der Waals surface area contributed by atoms with Gasteiger partial charge in [-0.25, -0.2) is 0 Å². The molecule has 4 rings (SSSR count). The second kappa shape index (κ2) is 8.08. The van der Waals surface area contributed by atoms with E-state index >= 15 is 0 Å². The van der Waals surface area contributed by atoms with Gasteiger partial charge in [-0.3, -0.25) is 9.59 Å². The molecule has 1 aromatic heterocycles. The van der Waals surface area contributed by atoms with E-state index in [1.807, 2.05) is 30.3 Å². The fraction of sp³-hybridized carbons (Fsp3) is 0.227. The van der Waals surface area contributed by atoms with Crippen molar-refractivity contribution in [3.63, 3.8) is 0 Å². The Morgan fingerprint density at radius 3 is 2.36 bits per heavy atom. The summed E-state index contributed by atoms with van der Waals surface area (Å²) in [5, 5.41) is 7.41. The molecule has 1 aliphatic heterocycles. The van der Waals surface area contributed by atoms with Crippen molar-refractivity contribution in [3.05, 3.63) is 88.2 Å². The van der Waals surface area contributed by atoms with Gasteiger partial charge in [0, 0.05) is 31.3 Å². The van der Waals surface area contributed by atoms with Gasteiger partial charge in [-0.15, -0.1) is 5.10 Å². The summed E-state index contributed by atoms with van der Waals surface area (Å²) in [6, 6.07) is 20.0. The number of hydrogen-bond donors (Lipinski definition) is 1. The first-order valence-electron chi connectivity index (χ1n) is 9.48. The van der Waals surface area contributed by atoms with E-state index in [9.17, 15) is 9.59 Å². The minimum atomic E-state index is -0.191. The summed E-state index contributed by atoms with van der Waals surface area (Å²) in [5.41, 5.74) is 2.04. The molecule has 1 amide bonds. The van der Waals surface area contributed by atoms with Crippen LogP contribution < -0.4 is 15.8 Å². The molecule has 28 heavy (non-hydrogen) atoms. The molecule has 3 aromatic rings. The summed E-state index contributed by atoms with van der Waals surface area (Å²) in [7, 11) is 0. The van der Waals surface area contributed by atoms with Crippen LogP contribution in [-0.4, -0.2) is 28.8 Å². The quantitative estimate of drug-likeness (QED) is 0.746. The smallest absolute Gasteiger partial charge is 0.271 e. The van der Waals surface area contributed by atoms with Gasteiger partial charge in [0.05, 0.1) is 5.69 Å². The Bertz CT molecular complexity index is 1010. The lowest BCUT2D eigenvalue weighted by Crippen LogP contribution is -2.26. The third kappa shape index (κ3) is 3.96. The van der Waals surface area contributed by atoms with Crippen molar-refractivity contribution >= 4 is 11.7 Å². The molecule has 1 aliphatic rings. The van der Waals surface area contributed by atoms with Crippen LogP contribution in [0, 0.1) is 0 Å². The number of aromatic nitrogens is 2. The van der Waals surface area contributed by atoms with E-state index < -0.39 is 0 Å². The maximum atomic E-state index is 12.4. The zero-order chi connectivity index (χ0) is 19.3. The van der Waals surface area contributed by atoms with Crippen LogP contribution >= 0.6 is 0 Å². The number of amides is 1. The van der Waals surface area contributed by atoms with Crippen LogP contribution in [0.5, 0.6) is 0 Å². The number of carbonyl (C=O) groups excluding carboxylic acids is 1. The Morgan fingerprint density at radius 1 is 0.929 bits per heavy atom. The molecule has 1 N–H and O–H groups in total. The predicted octanol–water partition coefficient (Wildman–Crippen LogP) is 2.76. The second-order valence-corrected chi connectivity index (χ2v) is 6.85. The summed E-state index contributed by atoms with van der Waals surface area (Å²) in [5.74, 6) is 0.656. The highest BCUT2D eigenvalue weighted by molar-refractivity contribution is 5.94. The van der Waals surface area contributed by atoms with Crippen LogP contribution in [0.15, 0.2) is 71.5 Å². The molecule has 2 aromatic carbocycles. The summed E-state index contributed by atoms with van der Waals surface area (Å²) < 4.78 is 1.39. The largest absolute Gasteiger partial charge is 0.355 e. The van der Waals surface area contributed by atoms with Crippen LogP contribution in [0.3, 0.4) is 0 Å². The van der Waals surface area contributed by atoms with Crippen LogP contribution in [0.1, 0.15) is 28.8 Å². The maximum Gasteiger partial charge on any atom is 0.271 e. The lowest BCUT2D eigenvalue weighted by Gasteiger charge is -2.17. The first-order valence-corrected chi connectivity index (χ1v) is 9.48. The third-order valence-electron chi connectivity index (χ3n) is 4.89. The third-order valence-corrected chi connectivity index (χ3v) is 4.89. The van der Waals surface area contributed by atoms with Crippen LogP contribution in [-0.2, 0) is 6.54 Å². The van der Waals surface area contributed by atoms with E-state index in [0.29, 0.717) is 17.8 Å². The first-order chi connectivity index (χ1) is 13.7. The van der Waals surface area contributed by atoms with E-state index in [0.717, 1.165) is 37.3 Å².